The lowest BCUT2D eigenvalue weighted by Gasteiger charge is -2.10. The molecule has 0 fully saturated rings. The van der Waals surface area contributed by atoms with E-state index >= 15 is 0 Å². The number of rotatable bonds is 3. The van der Waals surface area contributed by atoms with Gasteiger partial charge in [-0.25, -0.2) is 13.8 Å². The molecule has 0 aliphatic carbocycles. The second-order valence-corrected chi connectivity index (χ2v) is 2.99. The summed E-state index contributed by atoms with van der Waals surface area (Å²) < 4.78 is 30.0. The molecule has 0 N–H and O–H groups in total. The van der Waals surface area contributed by atoms with Gasteiger partial charge >= 0.3 is 0 Å². The number of carbonyl (C=O) groups is 1. The Morgan fingerprint density at radius 3 is 2.69 bits per heavy atom. The SMILES string of the molecule is COc1cnc(C(=O)Cl)c(C#N)c1C(F)F. The monoisotopic (exact) mass is 246 g/mol. The smallest absolute Gasteiger partial charge is 0.272 e. The number of nitrogens with zero attached hydrogens (tertiary/aromatic N) is 2. The predicted molar refractivity (Wildman–Crippen MR) is 50.6 cm³/mol. The van der Waals surface area contributed by atoms with Crippen LogP contribution in [0.5, 0.6) is 5.75 Å². The fourth-order valence-electron chi connectivity index (χ4n) is 1.15. The number of carbonyl (C=O) groups excluding carboxylic acids is 1. The summed E-state index contributed by atoms with van der Waals surface area (Å²) in [6, 6.07) is 1.47. The molecule has 0 saturated heterocycles. The molecule has 84 valence electrons. The number of alkyl halides is 2. The van der Waals surface area contributed by atoms with Gasteiger partial charge in [-0.2, -0.15) is 5.26 Å². The fourth-order valence-corrected chi connectivity index (χ4v) is 1.29. The molecule has 0 amide bonds. The van der Waals surface area contributed by atoms with Crippen molar-refractivity contribution in [3.63, 3.8) is 0 Å². The maximum Gasteiger partial charge on any atom is 0.272 e. The van der Waals surface area contributed by atoms with Crippen LogP contribution in [0, 0.1) is 11.3 Å². The van der Waals surface area contributed by atoms with Crippen molar-refractivity contribution in [2.45, 2.75) is 6.43 Å². The highest BCUT2D eigenvalue weighted by Gasteiger charge is 2.25. The van der Waals surface area contributed by atoms with E-state index in [9.17, 15) is 13.6 Å². The summed E-state index contributed by atoms with van der Waals surface area (Å²) in [6.45, 7) is 0. The third-order valence-electron chi connectivity index (χ3n) is 1.82. The third kappa shape index (κ3) is 2.09. The molecule has 0 aliphatic rings. The maximum absolute atomic E-state index is 12.7. The average Bonchev–Trinajstić information content (AvgIpc) is 2.26. The number of hydrogen-bond donors (Lipinski definition) is 0. The Hall–Kier alpha value is -1.74. The zero-order valence-electron chi connectivity index (χ0n) is 8.00. The summed E-state index contributed by atoms with van der Waals surface area (Å²) in [4.78, 5) is 14.4. The van der Waals surface area contributed by atoms with Crippen LogP contribution in [0.3, 0.4) is 0 Å². The Balaban J connectivity index is 3.58. The van der Waals surface area contributed by atoms with Crippen LogP contribution in [0.2, 0.25) is 0 Å². The van der Waals surface area contributed by atoms with Crippen LogP contribution in [0.4, 0.5) is 8.78 Å². The molecule has 0 aliphatic heterocycles. The first-order chi connectivity index (χ1) is 7.52. The van der Waals surface area contributed by atoms with Crippen LogP contribution in [0.15, 0.2) is 6.20 Å². The van der Waals surface area contributed by atoms with E-state index in [2.05, 4.69) is 9.72 Å². The summed E-state index contributed by atoms with van der Waals surface area (Å²) in [5.41, 5.74) is -1.74. The van der Waals surface area contributed by atoms with Crippen LogP contribution in [-0.2, 0) is 0 Å². The van der Waals surface area contributed by atoms with Gasteiger partial charge in [-0.05, 0) is 11.6 Å². The molecule has 0 unspecified atom stereocenters. The number of halogens is 3. The molecular formula is C9H5ClF2N2O2. The first-order valence-corrected chi connectivity index (χ1v) is 4.35. The van der Waals surface area contributed by atoms with Crippen molar-refractivity contribution >= 4 is 16.8 Å². The lowest BCUT2D eigenvalue weighted by Crippen LogP contribution is -2.06. The number of methoxy groups -OCH3 is 1. The van der Waals surface area contributed by atoms with Crippen molar-refractivity contribution in [2.75, 3.05) is 7.11 Å². The highest BCUT2D eigenvalue weighted by atomic mass is 35.5. The summed E-state index contributed by atoms with van der Waals surface area (Å²) in [7, 11) is 1.16. The Labute approximate surface area is 94.4 Å². The van der Waals surface area contributed by atoms with Gasteiger partial charge in [-0.15, -0.1) is 0 Å². The van der Waals surface area contributed by atoms with Crippen LogP contribution >= 0.6 is 11.6 Å². The number of aromatic nitrogens is 1. The summed E-state index contributed by atoms with van der Waals surface area (Å²) >= 11 is 5.12. The Morgan fingerprint density at radius 1 is 1.69 bits per heavy atom. The van der Waals surface area contributed by atoms with Gasteiger partial charge in [0.2, 0.25) is 0 Å². The van der Waals surface area contributed by atoms with Crippen molar-refractivity contribution in [2.24, 2.45) is 0 Å². The van der Waals surface area contributed by atoms with E-state index in [1.54, 1.807) is 0 Å². The van der Waals surface area contributed by atoms with Gasteiger partial charge in [-0.1, -0.05) is 0 Å². The van der Waals surface area contributed by atoms with E-state index in [1.807, 2.05) is 0 Å². The van der Waals surface area contributed by atoms with Gasteiger partial charge in [-0.3, -0.25) is 4.79 Å². The van der Waals surface area contributed by atoms with Gasteiger partial charge in [0, 0.05) is 0 Å². The van der Waals surface area contributed by atoms with E-state index < -0.39 is 28.5 Å². The molecule has 0 radical (unpaired) electrons. The maximum atomic E-state index is 12.7. The highest BCUT2D eigenvalue weighted by Crippen LogP contribution is 2.32. The molecular weight excluding hydrogens is 242 g/mol. The zero-order chi connectivity index (χ0) is 12.3. The number of pyridine rings is 1. The lowest BCUT2D eigenvalue weighted by atomic mass is 10.1. The van der Waals surface area contributed by atoms with E-state index in [0.29, 0.717) is 0 Å². The summed E-state index contributed by atoms with van der Waals surface area (Å²) in [6.07, 6.45) is -2.03. The predicted octanol–water partition coefficient (Wildman–Crippen LogP) is 2.28. The summed E-state index contributed by atoms with van der Waals surface area (Å²) in [5, 5.41) is 7.66. The Kier molecular flexibility index (Phi) is 3.74. The molecule has 16 heavy (non-hydrogen) atoms. The molecule has 4 nitrogen and oxygen atoms in total. The topological polar surface area (TPSA) is 63.0 Å². The van der Waals surface area contributed by atoms with Gasteiger partial charge in [0.05, 0.1) is 24.4 Å². The molecule has 7 heteroatoms. The fraction of sp³-hybridized carbons (Fsp3) is 0.222. The molecule has 1 aromatic heterocycles. The second kappa shape index (κ2) is 4.86. The van der Waals surface area contributed by atoms with Gasteiger partial charge < -0.3 is 4.74 Å². The number of nitriles is 1. The molecule has 0 saturated carbocycles. The minimum atomic E-state index is -2.96. The van der Waals surface area contributed by atoms with Crippen molar-refractivity contribution < 1.29 is 18.3 Å². The van der Waals surface area contributed by atoms with Crippen LogP contribution in [0.1, 0.15) is 28.0 Å². The van der Waals surface area contributed by atoms with Crippen LogP contribution < -0.4 is 4.74 Å². The van der Waals surface area contributed by atoms with Gasteiger partial charge in [0.25, 0.3) is 11.7 Å². The molecule has 1 aromatic rings. The Bertz CT molecular complexity index is 471. The van der Waals surface area contributed by atoms with E-state index in [1.165, 1.54) is 6.07 Å². The standard InChI is InChI=1S/C9H5ClF2N2O2/c1-16-5-3-14-7(8(10)15)4(2-13)6(5)9(11)12/h3,9H,1H3. The van der Waals surface area contributed by atoms with Crippen LogP contribution in [-0.4, -0.2) is 17.3 Å². The molecule has 0 aromatic carbocycles. The van der Waals surface area contributed by atoms with Crippen molar-refractivity contribution in [3.8, 4) is 11.8 Å². The minimum Gasteiger partial charge on any atom is -0.495 e. The molecule has 0 spiro atoms. The first kappa shape index (κ1) is 12.3. The lowest BCUT2D eigenvalue weighted by molar-refractivity contribution is 0.107. The normalized spacial score (nSPS) is 10.0. The first-order valence-electron chi connectivity index (χ1n) is 3.97. The molecule has 1 rings (SSSR count). The van der Waals surface area contributed by atoms with E-state index in [-0.39, 0.29) is 5.75 Å². The zero-order valence-corrected chi connectivity index (χ0v) is 8.76. The average molecular weight is 247 g/mol. The van der Waals surface area contributed by atoms with E-state index in [4.69, 9.17) is 16.9 Å². The largest absolute Gasteiger partial charge is 0.495 e. The Morgan fingerprint density at radius 2 is 2.31 bits per heavy atom. The molecule has 1 heterocycles. The van der Waals surface area contributed by atoms with Crippen LogP contribution in [0.25, 0.3) is 0 Å². The van der Waals surface area contributed by atoms with Gasteiger partial charge in [0.1, 0.15) is 17.5 Å². The number of ether oxygens (including phenoxy) is 1. The van der Waals surface area contributed by atoms with Gasteiger partial charge in [0.15, 0.2) is 0 Å². The third-order valence-corrected chi connectivity index (χ3v) is 2.00. The quantitative estimate of drug-likeness (QED) is 0.768. The highest BCUT2D eigenvalue weighted by molar-refractivity contribution is 6.67. The minimum absolute atomic E-state index is 0.256. The molecule has 0 atom stereocenters. The number of hydrogen-bond acceptors (Lipinski definition) is 4. The van der Waals surface area contributed by atoms with Crippen molar-refractivity contribution in [1.29, 1.82) is 5.26 Å². The van der Waals surface area contributed by atoms with Crippen molar-refractivity contribution in [3.05, 3.63) is 23.0 Å². The van der Waals surface area contributed by atoms with E-state index in [0.717, 1.165) is 13.3 Å². The second-order valence-electron chi connectivity index (χ2n) is 2.65. The molecule has 0 bridgehead atoms. The van der Waals surface area contributed by atoms with Crippen molar-refractivity contribution in [1.82, 2.24) is 4.98 Å². The summed E-state index contributed by atoms with van der Waals surface area (Å²) in [5.74, 6) is -0.256.